The van der Waals surface area contributed by atoms with Gasteiger partial charge in [-0.25, -0.2) is 0 Å². The summed E-state index contributed by atoms with van der Waals surface area (Å²) >= 11 is 0.925. The van der Waals surface area contributed by atoms with Gasteiger partial charge in [0.1, 0.15) is 0 Å². The number of allylic oxidation sites excluding steroid dienone is 2. The molecule has 7 heteroatoms. The molecule has 2 rings (SSSR count). The molecule has 2 aromatic carbocycles. The summed E-state index contributed by atoms with van der Waals surface area (Å²) < 4.78 is 49.0. The molecule has 0 heterocycles. The third kappa shape index (κ3) is 7.49. The zero-order valence-electron chi connectivity index (χ0n) is 13.3. The SMILES string of the molecule is O=C(C=Cc1ccc(SC(F)F)cc1)C=Cc1ccc(SC(F)F)cc1. The van der Waals surface area contributed by atoms with Gasteiger partial charge in [-0.3, -0.25) is 4.79 Å². The first-order valence-corrected chi connectivity index (χ1v) is 9.18. The Hall–Kier alpha value is -1.99. The Kier molecular flexibility index (Phi) is 8.00. The molecule has 0 radical (unpaired) electrons. The van der Waals surface area contributed by atoms with Crippen molar-refractivity contribution >= 4 is 41.5 Å². The lowest BCUT2D eigenvalue weighted by Gasteiger charge is -2.00. The van der Waals surface area contributed by atoms with Gasteiger partial charge in [0.15, 0.2) is 5.78 Å². The van der Waals surface area contributed by atoms with E-state index < -0.39 is 11.5 Å². The minimum Gasteiger partial charge on any atom is -0.290 e. The molecule has 0 spiro atoms. The largest absolute Gasteiger partial charge is 0.290 e. The van der Waals surface area contributed by atoms with Crippen molar-refractivity contribution < 1.29 is 22.4 Å². The van der Waals surface area contributed by atoms with Crippen molar-refractivity contribution in [2.24, 2.45) is 0 Å². The summed E-state index contributed by atoms with van der Waals surface area (Å²) in [7, 11) is 0. The first-order valence-electron chi connectivity index (χ1n) is 7.42. The molecule has 0 aromatic heterocycles. The summed E-state index contributed by atoms with van der Waals surface area (Å²) in [6.07, 6.45) is 5.91. The quantitative estimate of drug-likeness (QED) is 0.283. The van der Waals surface area contributed by atoms with Gasteiger partial charge in [0.05, 0.1) is 0 Å². The second-order valence-corrected chi connectivity index (χ2v) is 7.09. The van der Waals surface area contributed by atoms with Crippen LogP contribution in [0.1, 0.15) is 11.1 Å². The van der Waals surface area contributed by atoms with Gasteiger partial charge in [0.25, 0.3) is 11.5 Å². The molecule has 0 aliphatic rings. The van der Waals surface area contributed by atoms with E-state index in [4.69, 9.17) is 0 Å². The van der Waals surface area contributed by atoms with Gasteiger partial charge in [-0.15, -0.1) is 0 Å². The van der Waals surface area contributed by atoms with Gasteiger partial charge < -0.3 is 0 Å². The Bertz CT molecular complexity index is 704. The van der Waals surface area contributed by atoms with Crippen LogP contribution in [0.3, 0.4) is 0 Å². The van der Waals surface area contributed by atoms with Crippen molar-refractivity contribution in [1.29, 1.82) is 0 Å². The maximum atomic E-state index is 12.2. The first kappa shape index (κ1) is 20.3. The van der Waals surface area contributed by atoms with Gasteiger partial charge in [0.2, 0.25) is 0 Å². The molecule has 0 aliphatic carbocycles. The summed E-state index contributed by atoms with van der Waals surface area (Å²) in [5.41, 5.74) is 1.44. The molecule has 0 fully saturated rings. The minimum absolute atomic E-state index is 0.248. The predicted molar refractivity (Wildman–Crippen MR) is 99.7 cm³/mol. The van der Waals surface area contributed by atoms with Crippen LogP contribution in [0.5, 0.6) is 0 Å². The lowest BCUT2D eigenvalue weighted by molar-refractivity contribution is -0.110. The van der Waals surface area contributed by atoms with Crippen molar-refractivity contribution in [1.82, 2.24) is 0 Å². The summed E-state index contributed by atoms with van der Waals surface area (Å²) in [4.78, 5) is 12.7. The highest BCUT2D eigenvalue weighted by molar-refractivity contribution is 7.99. The number of carbonyl (C=O) groups is 1. The van der Waals surface area contributed by atoms with E-state index in [-0.39, 0.29) is 5.78 Å². The van der Waals surface area contributed by atoms with E-state index in [2.05, 4.69) is 0 Å². The maximum Gasteiger partial charge on any atom is 0.288 e. The molecule has 136 valence electrons. The number of hydrogen-bond acceptors (Lipinski definition) is 3. The lowest BCUT2D eigenvalue weighted by atomic mass is 10.1. The minimum atomic E-state index is -2.47. The van der Waals surface area contributed by atoms with Crippen LogP contribution in [0.4, 0.5) is 17.6 Å². The van der Waals surface area contributed by atoms with Crippen LogP contribution in [0.15, 0.2) is 70.5 Å². The standard InChI is InChI=1S/C19H14F4OS2/c20-18(21)25-16-9-3-13(4-10-16)1-7-15(24)8-2-14-5-11-17(12-6-14)26-19(22)23/h1-12,18-19H. The summed E-state index contributed by atoms with van der Waals surface area (Å²) in [5, 5.41) is 0. The average Bonchev–Trinajstić information content (AvgIpc) is 2.59. The number of thioether (sulfide) groups is 2. The fourth-order valence-corrected chi connectivity index (χ4v) is 2.93. The van der Waals surface area contributed by atoms with E-state index in [9.17, 15) is 22.4 Å². The Morgan fingerprint density at radius 3 is 1.35 bits per heavy atom. The van der Waals surface area contributed by atoms with Gasteiger partial charge >= 0.3 is 0 Å². The van der Waals surface area contributed by atoms with Crippen LogP contribution in [0, 0.1) is 0 Å². The van der Waals surface area contributed by atoms with E-state index >= 15 is 0 Å². The normalized spacial score (nSPS) is 11.9. The highest BCUT2D eigenvalue weighted by atomic mass is 32.2. The van der Waals surface area contributed by atoms with Crippen LogP contribution in [-0.2, 0) is 4.79 Å². The number of ketones is 1. The third-order valence-corrected chi connectivity index (χ3v) is 4.54. The van der Waals surface area contributed by atoms with E-state index in [1.807, 2.05) is 0 Å². The van der Waals surface area contributed by atoms with E-state index in [1.54, 1.807) is 60.7 Å². The topological polar surface area (TPSA) is 17.1 Å². The third-order valence-electron chi connectivity index (χ3n) is 3.09. The molecule has 0 aliphatic heterocycles. The predicted octanol–water partition coefficient (Wildman–Crippen LogP) is 6.61. The molecule has 0 atom stereocenters. The van der Waals surface area contributed by atoms with E-state index in [0.717, 1.165) is 11.1 Å². The van der Waals surface area contributed by atoms with Gasteiger partial charge in [0, 0.05) is 9.79 Å². The number of carbonyl (C=O) groups excluding carboxylic acids is 1. The summed E-state index contributed by atoms with van der Waals surface area (Å²) in [6, 6.07) is 12.9. The Balaban J connectivity index is 1.90. The Morgan fingerprint density at radius 1 is 0.692 bits per heavy atom. The summed E-state index contributed by atoms with van der Waals surface area (Å²) in [5.74, 6) is -5.18. The second-order valence-electron chi connectivity index (χ2n) is 4.96. The maximum absolute atomic E-state index is 12.2. The lowest BCUT2D eigenvalue weighted by Crippen LogP contribution is -1.86. The Morgan fingerprint density at radius 2 is 1.04 bits per heavy atom. The second kappa shape index (κ2) is 10.2. The van der Waals surface area contributed by atoms with Crippen LogP contribution in [0.2, 0.25) is 0 Å². The molecule has 0 amide bonds. The van der Waals surface area contributed by atoms with Gasteiger partial charge in [-0.1, -0.05) is 59.9 Å². The van der Waals surface area contributed by atoms with Gasteiger partial charge in [-0.05, 0) is 47.5 Å². The van der Waals surface area contributed by atoms with Gasteiger partial charge in [-0.2, -0.15) is 17.6 Å². The Labute approximate surface area is 157 Å². The summed E-state index contributed by atoms with van der Waals surface area (Å²) in [6.45, 7) is 0. The first-order chi connectivity index (χ1) is 12.4. The zero-order valence-corrected chi connectivity index (χ0v) is 15.0. The smallest absolute Gasteiger partial charge is 0.288 e. The van der Waals surface area contributed by atoms with E-state index in [1.165, 1.54) is 12.2 Å². The molecule has 0 N–H and O–H groups in total. The molecule has 1 nitrogen and oxygen atoms in total. The van der Waals surface area contributed by atoms with Crippen LogP contribution in [0.25, 0.3) is 12.2 Å². The van der Waals surface area contributed by atoms with Crippen molar-refractivity contribution in [2.75, 3.05) is 0 Å². The van der Waals surface area contributed by atoms with Crippen molar-refractivity contribution in [2.45, 2.75) is 21.3 Å². The van der Waals surface area contributed by atoms with Crippen molar-refractivity contribution in [3.8, 4) is 0 Å². The van der Waals surface area contributed by atoms with Crippen LogP contribution in [-0.4, -0.2) is 17.3 Å². The molecule has 26 heavy (non-hydrogen) atoms. The molecule has 0 unspecified atom stereocenters. The molecular formula is C19H14F4OS2. The van der Waals surface area contributed by atoms with Crippen molar-refractivity contribution in [3.05, 3.63) is 71.8 Å². The fourth-order valence-electron chi connectivity index (χ4n) is 1.93. The molecule has 0 saturated carbocycles. The number of rotatable bonds is 8. The van der Waals surface area contributed by atoms with Crippen molar-refractivity contribution in [3.63, 3.8) is 0 Å². The molecular weight excluding hydrogens is 384 g/mol. The monoisotopic (exact) mass is 398 g/mol. The molecule has 0 bridgehead atoms. The number of benzene rings is 2. The highest BCUT2D eigenvalue weighted by Gasteiger charge is 2.05. The zero-order chi connectivity index (χ0) is 18.9. The fraction of sp³-hybridized carbons (Fsp3) is 0.105. The number of halogens is 4. The average molecular weight is 398 g/mol. The number of alkyl halides is 4. The number of hydrogen-bond donors (Lipinski definition) is 0. The van der Waals surface area contributed by atoms with E-state index in [0.29, 0.717) is 33.3 Å². The van der Waals surface area contributed by atoms with Crippen LogP contribution >= 0.6 is 23.5 Å². The molecule has 0 saturated heterocycles. The molecule has 2 aromatic rings. The van der Waals surface area contributed by atoms with Crippen LogP contribution < -0.4 is 0 Å². The highest BCUT2D eigenvalue weighted by Crippen LogP contribution is 2.26.